The maximum Gasteiger partial charge on any atom is 0.409 e. The molecule has 1 fully saturated rings. The molecular formula is C22H33N3O6S. The van der Waals surface area contributed by atoms with Gasteiger partial charge < -0.3 is 19.3 Å². The van der Waals surface area contributed by atoms with Crippen LogP contribution >= 0.6 is 0 Å². The highest BCUT2D eigenvalue weighted by Gasteiger charge is 2.28. The zero-order valence-electron chi connectivity index (χ0n) is 19.5. The molecule has 1 aliphatic heterocycles. The SMILES string of the molecule is CCOC(=O)N1CCN(C(=O)C(Oc2ccc(S(=O)(=O)N(CC)CC)cc2)=C(C)C)CC1. The average molecular weight is 468 g/mol. The number of amides is 2. The largest absolute Gasteiger partial charge is 0.452 e. The van der Waals surface area contributed by atoms with E-state index in [-0.39, 0.29) is 22.7 Å². The molecule has 0 bridgehead atoms. The van der Waals surface area contributed by atoms with Gasteiger partial charge >= 0.3 is 6.09 Å². The van der Waals surface area contributed by atoms with Crippen molar-refractivity contribution in [1.29, 1.82) is 0 Å². The van der Waals surface area contributed by atoms with E-state index in [1.54, 1.807) is 56.6 Å². The Labute approximate surface area is 190 Å². The molecule has 0 unspecified atom stereocenters. The van der Waals surface area contributed by atoms with Gasteiger partial charge in [0.1, 0.15) is 5.75 Å². The van der Waals surface area contributed by atoms with Crippen LogP contribution in [0.3, 0.4) is 0 Å². The number of carbonyl (C=O) groups is 2. The van der Waals surface area contributed by atoms with E-state index in [1.165, 1.54) is 16.4 Å². The fraction of sp³-hybridized carbons (Fsp3) is 0.545. The topological polar surface area (TPSA) is 96.5 Å². The molecule has 2 rings (SSSR count). The average Bonchev–Trinajstić information content (AvgIpc) is 2.78. The summed E-state index contributed by atoms with van der Waals surface area (Å²) in [5.41, 5.74) is 0.697. The van der Waals surface area contributed by atoms with Gasteiger partial charge in [0.05, 0.1) is 11.5 Å². The van der Waals surface area contributed by atoms with Crippen molar-refractivity contribution in [3.05, 3.63) is 35.6 Å². The maximum atomic E-state index is 13.0. The molecule has 0 spiro atoms. The van der Waals surface area contributed by atoms with Gasteiger partial charge in [0.15, 0.2) is 5.76 Å². The van der Waals surface area contributed by atoms with Gasteiger partial charge in [-0.2, -0.15) is 4.31 Å². The lowest BCUT2D eigenvalue weighted by molar-refractivity contribution is -0.131. The summed E-state index contributed by atoms with van der Waals surface area (Å²) in [5.74, 6) is 0.292. The van der Waals surface area contributed by atoms with Gasteiger partial charge in [-0.3, -0.25) is 4.79 Å². The van der Waals surface area contributed by atoms with Gasteiger partial charge in [0.2, 0.25) is 10.0 Å². The third kappa shape index (κ3) is 6.01. The summed E-state index contributed by atoms with van der Waals surface area (Å²) in [6, 6.07) is 6.05. The van der Waals surface area contributed by atoms with E-state index < -0.39 is 10.0 Å². The van der Waals surface area contributed by atoms with Gasteiger partial charge in [-0.05, 0) is 50.6 Å². The fourth-order valence-electron chi connectivity index (χ4n) is 3.32. The summed E-state index contributed by atoms with van der Waals surface area (Å²) in [4.78, 5) is 28.3. The summed E-state index contributed by atoms with van der Waals surface area (Å²) in [6.07, 6.45) is -0.377. The Kier molecular flexibility index (Phi) is 9.09. The highest BCUT2D eigenvalue weighted by molar-refractivity contribution is 7.89. The molecule has 1 saturated heterocycles. The van der Waals surface area contributed by atoms with Crippen LogP contribution in [0.2, 0.25) is 0 Å². The number of nitrogens with zero attached hydrogens (tertiary/aromatic N) is 3. The number of sulfonamides is 1. The van der Waals surface area contributed by atoms with Crippen LogP contribution < -0.4 is 4.74 Å². The van der Waals surface area contributed by atoms with Crippen molar-refractivity contribution in [3.63, 3.8) is 0 Å². The van der Waals surface area contributed by atoms with Crippen LogP contribution in [0.1, 0.15) is 34.6 Å². The molecule has 1 aromatic carbocycles. The van der Waals surface area contributed by atoms with Crippen molar-refractivity contribution < 1.29 is 27.5 Å². The van der Waals surface area contributed by atoms with Crippen LogP contribution in [-0.4, -0.2) is 80.4 Å². The Bertz CT molecular complexity index is 927. The Morgan fingerprint density at radius 1 is 0.938 bits per heavy atom. The summed E-state index contributed by atoms with van der Waals surface area (Å²) >= 11 is 0. The Morgan fingerprint density at radius 3 is 1.94 bits per heavy atom. The first kappa shape index (κ1) is 25.7. The Balaban J connectivity index is 2.09. The first-order valence-electron chi connectivity index (χ1n) is 10.8. The minimum absolute atomic E-state index is 0.175. The van der Waals surface area contributed by atoms with E-state index in [4.69, 9.17) is 9.47 Å². The van der Waals surface area contributed by atoms with E-state index in [0.29, 0.717) is 57.2 Å². The maximum absolute atomic E-state index is 13.0. The normalized spacial score (nSPS) is 14.3. The molecule has 2 amide bonds. The Morgan fingerprint density at radius 2 is 1.47 bits per heavy atom. The van der Waals surface area contributed by atoms with Gasteiger partial charge in [-0.1, -0.05) is 13.8 Å². The van der Waals surface area contributed by atoms with E-state index >= 15 is 0 Å². The summed E-state index contributed by atoms with van der Waals surface area (Å²) in [5, 5.41) is 0. The number of allylic oxidation sites excluding steroid dienone is 1. The van der Waals surface area contributed by atoms with Crippen LogP contribution in [0.4, 0.5) is 4.79 Å². The first-order valence-corrected chi connectivity index (χ1v) is 12.3. The number of benzene rings is 1. The van der Waals surface area contributed by atoms with Gasteiger partial charge in [-0.15, -0.1) is 0 Å². The second-order valence-corrected chi connectivity index (χ2v) is 9.41. The predicted octanol–water partition coefficient (Wildman–Crippen LogP) is 2.69. The fourth-order valence-corrected chi connectivity index (χ4v) is 4.78. The summed E-state index contributed by atoms with van der Waals surface area (Å²) in [7, 11) is -3.56. The van der Waals surface area contributed by atoms with Crippen molar-refractivity contribution >= 4 is 22.0 Å². The molecule has 1 heterocycles. The molecule has 0 aliphatic carbocycles. The van der Waals surface area contributed by atoms with Crippen molar-refractivity contribution in [2.75, 3.05) is 45.9 Å². The number of piperazine rings is 1. The third-order valence-electron chi connectivity index (χ3n) is 5.13. The first-order chi connectivity index (χ1) is 15.1. The van der Waals surface area contributed by atoms with Crippen LogP contribution in [0, 0.1) is 0 Å². The monoisotopic (exact) mass is 467 g/mol. The quantitative estimate of drug-likeness (QED) is 0.431. The molecule has 0 saturated carbocycles. The molecule has 10 heteroatoms. The van der Waals surface area contributed by atoms with E-state index in [0.717, 1.165) is 0 Å². The third-order valence-corrected chi connectivity index (χ3v) is 7.19. The smallest absolute Gasteiger partial charge is 0.409 e. The molecule has 1 aliphatic rings. The van der Waals surface area contributed by atoms with Gasteiger partial charge in [0.25, 0.3) is 5.91 Å². The standard InChI is InChI=1S/C22H33N3O6S/c1-6-25(7-2)32(28,29)19-11-9-18(10-12-19)31-20(17(4)5)21(26)23-13-15-24(16-14-23)22(27)30-8-3/h9-12H,6-8,13-16H2,1-5H3. The minimum atomic E-state index is -3.56. The predicted molar refractivity (Wildman–Crippen MR) is 121 cm³/mol. The molecule has 32 heavy (non-hydrogen) atoms. The lowest BCUT2D eigenvalue weighted by Crippen LogP contribution is -2.51. The van der Waals surface area contributed by atoms with Crippen LogP contribution in [0.25, 0.3) is 0 Å². The van der Waals surface area contributed by atoms with E-state index in [2.05, 4.69) is 0 Å². The minimum Gasteiger partial charge on any atom is -0.452 e. The van der Waals surface area contributed by atoms with Crippen LogP contribution in [0.15, 0.2) is 40.5 Å². The Hall–Kier alpha value is -2.59. The lowest BCUT2D eigenvalue weighted by atomic mass is 10.2. The second kappa shape index (κ2) is 11.3. The van der Waals surface area contributed by atoms with E-state index in [1.807, 2.05) is 0 Å². The molecule has 1 aromatic rings. The molecule has 9 nitrogen and oxygen atoms in total. The zero-order chi connectivity index (χ0) is 23.9. The second-order valence-electron chi connectivity index (χ2n) is 7.47. The highest BCUT2D eigenvalue weighted by atomic mass is 32.2. The van der Waals surface area contributed by atoms with E-state index in [9.17, 15) is 18.0 Å². The van der Waals surface area contributed by atoms with Crippen molar-refractivity contribution in [2.45, 2.75) is 39.5 Å². The number of carbonyl (C=O) groups excluding carboxylic acids is 2. The number of hydrogen-bond donors (Lipinski definition) is 0. The lowest BCUT2D eigenvalue weighted by Gasteiger charge is -2.34. The van der Waals surface area contributed by atoms with Crippen molar-refractivity contribution in [2.24, 2.45) is 0 Å². The van der Waals surface area contributed by atoms with Crippen LogP contribution in [-0.2, 0) is 19.6 Å². The highest BCUT2D eigenvalue weighted by Crippen LogP contribution is 2.23. The molecule has 178 valence electrons. The molecule has 0 aromatic heterocycles. The van der Waals surface area contributed by atoms with Crippen molar-refractivity contribution in [1.82, 2.24) is 14.1 Å². The van der Waals surface area contributed by atoms with Gasteiger partial charge in [0, 0.05) is 39.3 Å². The van der Waals surface area contributed by atoms with Gasteiger partial charge in [-0.25, -0.2) is 13.2 Å². The molecule has 0 atom stereocenters. The molecular weight excluding hydrogens is 434 g/mol. The molecule has 0 N–H and O–H groups in total. The van der Waals surface area contributed by atoms with Crippen molar-refractivity contribution in [3.8, 4) is 5.75 Å². The number of ether oxygens (including phenoxy) is 2. The zero-order valence-corrected chi connectivity index (χ0v) is 20.3. The number of hydrogen-bond acceptors (Lipinski definition) is 6. The summed E-state index contributed by atoms with van der Waals surface area (Å²) < 4.78 is 37.5. The summed E-state index contributed by atoms with van der Waals surface area (Å²) in [6.45, 7) is 11.5. The number of rotatable bonds is 8. The molecule has 0 radical (unpaired) electrons. The van der Waals surface area contributed by atoms with Crippen LogP contribution in [0.5, 0.6) is 5.75 Å².